The molecule has 130 valence electrons. The highest BCUT2D eigenvalue weighted by atomic mass is 32.1. The third kappa shape index (κ3) is 3.07. The van der Waals surface area contributed by atoms with E-state index in [1.165, 1.54) is 22.7 Å². The highest BCUT2D eigenvalue weighted by Crippen LogP contribution is 2.22. The summed E-state index contributed by atoms with van der Waals surface area (Å²) < 4.78 is 1.78. The molecule has 4 rings (SSSR count). The van der Waals surface area contributed by atoms with Crippen LogP contribution in [0.5, 0.6) is 0 Å². The fourth-order valence-corrected chi connectivity index (χ4v) is 4.41. The zero-order chi connectivity index (χ0) is 18.1. The number of fused-ring (bicyclic) bond motifs is 1. The van der Waals surface area contributed by atoms with Crippen molar-refractivity contribution in [3.8, 4) is 0 Å². The number of aryl methyl sites for hydroxylation is 1. The summed E-state index contributed by atoms with van der Waals surface area (Å²) in [5.74, 6) is -0.152. The number of hydrogen-bond donors (Lipinski definition) is 1. The number of carbonyl (C=O) groups is 2. The van der Waals surface area contributed by atoms with Gasteiger partial charge in [-0.25, -0.2) is 4.98 Å². The SMILES string of the molecule is Cc1nc2ccccn2c1C(=O)NCc1ccc(C(=O)c2cccs2)s1. The third-order valence-electron chi connectivity index (χ3n) is 3.97. The second-order valence-electron chi connectivity index (χ2n) is 5.73. The molecule has 0 aromatic carbocycles. The van der Waals surface area contributed by atoms with E-state index in [1.807, 2.05) is 61.0 Å². The van der Waals surface area contributed by atoms with Gasteiger partial charge in [0, 0.05) is 11.1 Å². The summed E-state index contributed by atoms with van der Waals surface area (Å²) in [6.07, 6.45) is 1.83. The lowest BCUT2D eigenvalue weighted by Gasteiger charge is -2.04. The smallest absolute Gasteiger partial charge is 0.270 e. The normalized spacial score (nSPS) is 11.0. The van der Waals surface area contributed by atoms with Gasteiger partial charge in [-0.1, -0.05) is 12.1 Å². The number of carbonyl (C=O) groups excluding carboxylic acids is 2. The lowest BCUT2D eigenvalue weighted by Crippen LogP contribution is -2.24. The monoisotopic (exact) mass is 381 g/mol. The van der Waals surface area contributed by atoms with E-state index >= 15 is 0 Å². The van der Waals surface area contributed by atoms with Crippen molar-refractivity contribution >= 4 is 40.0 Å². The summed E-state index contributed by atoms with van der Waals surface area (Å²) >= 11 is 2.84. The molecule has 0 saturated carbocycles. The van der Waals surface area contributed by atoms with Crippen LogP contribution in [0.3, 0.4) is 0 Å². The van der Waals surface area contributed by atoms with Crippen LogP contribution in [-0.2, 0) is 6.54 Å². The van der Waals surface area contributed by atoms with Crippen molar-refractivity contribution < 1.29 is 9.59 Å². The second kappa shape index (κ2) is 6.86. The van der Waals surface area contributed by atoms with Gasteiger partial charge in [0.25, 0.3) is 5.91 Å². The highest BCUT2D eigenvalue weighted by molar-refractivity contribution is 7.16. The number of nitrogens with zero attached hydrogens (tertiary/aromatic N) is 2. The van der Waals surface area contributed by atoms with E-state index in [2.05, 4.69) is 10.3 Å². The van der Waals surface area contributed by atoms with Crippen LogP contribution in [0.15, 0.2) is 54.0 Å². The average molecular weight is 381 g/mol. The Balaban J connectivity index is 1.48. The molecule has 0 atom stereocenters. The number of amides is 1. The molecule has 0 spiro atoms. The summed E-state index contributed by atoms with van der Waals surface area (Å²) in [5, 5.41) is 4.81. The predicted octanol–water partition coefficient (Wildman–Crippen LogP) is 3.93. The van der Waals surface area contributed by atoms with E-state index in [0.717, 1.165) is 15.4 Å². The number of thiophene rings is 2. The Labute approximate surface area is 157 Å². The fraction of sp³-hybridized carbons (Fsp3) is 0.105. The molecule has 4 aromatic rings. The first-order valence-electron chi connectivity index (χ1n) is 8.02. The molecule has 0 fully saturated rings. The zero-order valence-corrected chi connectivity index (χ0v) is 15.6. The maximum Gasteiger partial charge on any atom is 0.270 e. The van der Waals surface area contributed by atoms with E-state index in [0.29, 0.717) is 22.8 Å². The third-order valence-corrected chi connectivity index (χ3v) is 5.93. The molecule has 1 amide bonds. The molecular formula is C19H15N3O2S2. The average Bonchev–Trinajstić information content (AvgIpc) is 3.37. The molecule has 0 aliphatic heterocycles. The van der Waals surface area contributed by atoms with Crippen LogP contribution in [0, 0.1) is 6.92 Å². The van der Waals surface area contributed by atoms with Crippen LogP contribution in [-0.4, -0.2) is 21.1 Å². The summed E-state index contributed by atoms with van der Waals surface area (Å²) in [6, 6.07) is 13.0. The molecule has 0 radical (unpaired) electrons. The van der Waals surface area contributed by atoms with Crippen molar-refractivity contribution in [2.24, 2.45) is 0 Å². The highest BCUT2D eigenvalue weighted by Gasteiger charge is 2.17. The minimum absolute atomic E-state index is 0.0280. The van der Waals surface area contributed by atoms with Crippen LogP contribution in [0.25, 0.3) is 5.65 Å². The molecule has 4 heterocycles. The molecule has 4 aromatic heterocycles. The van der Waals surface area contributed by atoms with Gasteiger partial charge in [0.15, 0.2) is 0 Å². The molecule has 0 saturated heterocycles. The van der Waals surface area contributed by atoms with Gasteiger partial charge < -0.3 is 5.32 Å². The predicted molar refractivity (Wildman–Crippen MR) is 103 cm³/mol. The number of ketones is 1. The van der Waals surface area contributed by atoms with Gasteiger partial charge in [0.2, 0.25) is 5.78 Å². The van der Waals surface area contributed by atoms with E-state index < -0.39 is 0 Å². The standard InChI is InChI=1S/C19H15N3O2S2/c1-12-17(22-9-3-2-6-16(22)21-12)19(24)20-11-13-7-8-15(26-13)18(23)14-5-4-10-25-14/h2-10H,11H2,1H3,(H,20,24). The molecule has 0 aliphatic carbocycles. The van der Waals surface area contributed by atoms with Crippen molar-refractivity contribution in [1.29, 1.82) is 0 Å². The second-order valence-corrected chi connectivity index (χ2v) is 7.85. The molecule has 5 nitrogen and oxygen atoms in total. The van der Waals surface area contributed by atoms with Crippen LogP contribution in [0.4, 0.5) is 0 Å². The number of aromatic nitrogens is 2. The number of pyridine rings is 1. The largest absolute Gasteiger partial charge is 0.346 e. The minimum atomic E-state index is -0.180. The molecule has 0 aliphatic rings. The van der Waals surface area contributed by atoms with E-state index in [9.17, 15) is 9.59 Å². The Morgan fingerprint density at radius 1 is 1.12 bits per heavy atom. The van der Waals surface area contributed by atoms with Crippen molar-refractivity contribution in [3.05, 3.63) is 80.1 Å². The van der Waals surface area contributed by atoms with E-state index in [4.69, 9.17) is 0 Å². The topological polar surface area (TPSA) is 63.5 Å². The molecule has 0 bridgehead atoms. The Hall–Kier alpha value is -2.77. The minimum Gasteiger partial charge on any atom is -0.346 e. The first-order valence-corrected chi connectivity index (χ1v) is 9.72. The number of nitrogens with one attached hydrogen (secondary N) is 1. The lowest BCUT2D eigenvalue weighted by molar-refractivity contribution is 0.0944. The van der Waals surface area contributed by atoms with Crippen molar-refractivity contribution in [3.63, 3.8) is 0 Å². The number of hydrogen-bond acceptors (Lipinski definition) is 5. The van der Waals surface area contributed by atoms with Crippen LogP contribution >= 0.6 is 22.7 Å². The van der Waals surface area contributed by atoms with Gasteiger partial charge in [-0.05, 0) is 42.6 Å². The van der Waals surface area contributed by atoms with Gasteiger partial charge in [0.05, 0.1) is 22.0 Å². The maximum absolute atomic E-state index is 12.6. The first-order chi connectivity index (χ1) is 12.6. The molecule has 1 N–H and O–H groups in total. The number of rotatable bonds is 5. The zero-order valence-electron chi connectivity index (χ0n) is 13.9. The van der Waals surface area contributed by atoms with Gasteiger partial charge in [0.1, 0.15) is 11.3 Å². The van der Waals surface area contributed by atoms with Gasteiger partial charge in [-0.2, -0.15) is 0 Å². The fourth-order valence-electron chi connectivity index (χ4n) is 2.76. The quantitative estimate of drug-likeness (QED) is 0.533. The Morgan fingerprint density at radius 2 is 2.00 bits per heavy atom. The molecule has 7 heteroatoms. The summed E-state index contributed by atoms with van der Waals surface area (Å²) in [4.78, 5) is 31.7. The van der Waals surface area contributed by atoms with Crippen LogP contribution in [0.2, 0.25) is 0 Å². The molecule has 26 heavy (non-hydrogen) atoms. The van der Waals surface area contributed by atoms with Crippen LogP contribution in [0.1, 0.15) is 35.6 Å². The summed E-state index contributed by atoms with van der Waals surface area (Å²) in [7, 11) is 0. The van der Waals surface area contributed by atoms with Crippen LogP contribution < -0.4 is 5.32 Å². The molecule has 0 unspecified atom stereocenters. The van der Waals surface area contributed by atoms with E-state index in [1.54, 1.807) is 4.40 Å². The first kappa shape index (κ1) is 16.7. The Morgan fingerprint density at radius 3 is 2.81 bits per heavy atom. The summed E-state index contributed by atoms with van der Waals surface area (Å²) in [5.41, 5.74) is 1.97. The number of imidazole rings is 1. The Kier molecular flexibility index (Phi) is 4.40. The van der Waals surface area contributed by atoms with Crippen molar-refractivity contribution in [1.82, 2.24) is 14.7 Å². The molecular weight excluding hydrogens is 366 g/mol. The maximum atomic E-state index is 12.6. The summed E-state index contributed by atoms with van der Waals surface area (Å²) in [6.45, 7) is 2.20. The van der Waals surface area contributed by atoms with E-state index in [-0.39, 0.29) is 11.7 Å². The van der Waals surface area contributed by atoms with Gasteiger partial charge >= 0.3 is 0 Å². The van der Waals surface area contributed by atoms with Crippen molar-refractivity contribution in [2.45, 2.75) is 13.5 Å². The van der Waals surface area contributed by atoms with Crippen molar-refractivity contribution in [2.75, 3.05) is 0 Å². The lowest BCUT2D eigenvalue weighted by atomic mass is 10.2. The van der Waals surface area contributed by atoms with Gasteiger partial charge in [-0.15, -0.1) is 22.7 Å². The Bertz CT molecular complexity index is 1090. The van der Waals surface area contributed by atoms with Gasteiger partial charge in [-0.3, -0.25) is 14.0 Å².